The van der Waals surface area contributed by atoms with Gasteiger partial charge in [-0.25, -0.2) is 0 Å². The zero-order valence-corrected chi connectivity index (χ0v) is 16.6. The lowest BCUT2D eigenvalue weighted by Gasteiger charge is -2.18. The number of nitrogens with one attached hydrogen (secondary N) is 1. The van der Waals surface area contributed by atoms with E-state index in [1.807, 2.05) is 87.5 Å². The van der Waals surface area contributed by atoms with E-state index in [1.165, 1.54) is 0 Å². The molecule has 1 N–H and O–H groups in total. The van der Waals surface area contributed by atoms with Gasteiger partial charge in [0.25, 0.3) is 5.91 Å². The summed E-state index contributed by atoms with van der Waals surface area (Å²) in [5, 5.41) is 5.08. The fraction of sp³-hybridized carbons (Fsp3) is 0.292. The second kappa shape index (κ2) is 9.27. The van der Waals surface area contributed by atoms with Crippen LogP contribution in [0.25, 0.3) is 10.8 Å². The minimum atomic E-state index is -0.533. The van der Waals surface area contributed by atoms with Gasteiger partial charge >= 0.3 is 0 Å². The first-order chi connectivity index (χ1) is 13.6. The molecule has 0 aliphatic carbocycles. The molecule has 1 atom stereocenters. The van der Waals surface area contributed by atoms with Gasteiger partial charge in [0.15, 0.2) is 6.10 Å². The maximum absolute atomic E-state index is 12.6. The van der Waals surface area contributed by atoms with Crippen molar-refractivity contribution in [2.24, 2.45) is 0 Å². The van der Waals surface area contributed by atoms with Crippen LogP contribution in [-0.4, -0.2) is 18.1 Å². The minimum absolute atomic E-state index is 0.113. The van der Waals surface area contributed by atoms with Gasteiger partial charge in [-0.15, -0.1) is 0 Å². The Morgan fingerprint density at radius 1 is 0.929 bits per heavy atom. The highest BCUT2D eigenvalue weighted by Gasteiger charge is 2.19. The van der Waals surface area contributed by atoms with Crippen molar-refractivity contribution >= 4 is 16.7 Å². The number of ether oxygens (including phenoxy) is 2. The van der Waals surface area contributed by atoms with Gasteiger partial charge in [0.2, 0.25) is 0 Å². The summed E-state index contributed by atoms with van der Waals surface area (Å²) in [5.41, 5.74) is 1.02. The predicted octanol–water partition coefficient (Wildman–Crippen LogP) is 5.10. The third-order valence-corrected chi connectivity index (χ3v) is 4.44. The number of amides is 1. The van der Waals surface area contributed by atoms with Gasteiger partial charge in [0.1, 0.15) is 11.5 Å². The van der Waals surface area contributed by atoms with E-state index in [2.05, 4.69) is 5.32 Å². The largest absolute Gasteiger partial charge is 0.491 e. The van der Waals surface area contributed by atoms with Crippen molar-refractivity contribution in [3.8, 4) is 11.5 Å². The van der Waals surface area contributed by atoms with Crippen LogP contribution < -0.4 is 14.8 Å². The molecule has 0 aliphatic heterocycles. The molecule has 0 saturated heterocycles. The fourth-order valence-electron chi connectivity index (χ4n) is 3.04. The molecule has 3 aromatic rings. The Hall–Kier alpha value is -3.01. The Kier molecular flexibility index (Phi) is 6.53. The third-order valence-electron chi connectivity index (χ3n) is 4.44. The second-order valence-electron chi connectivity index (χ2n) is 7.02. The van der Waals surface area contributed by atoms with Gasteiger partial charge in [0, 0.05) is 11.9 Å². The third kappa shape index (κ3) is 5.03. The molecule has 0 aliphatic rings. The number of hydrogen-bond donors (Lipinski definition) is 1. The first-order valence-corrected chi connectivity index (χ1v) is 9.74. The first kappa shape index (κ1) is 19.7. The summed E-state index contributed by atoms with van der Waals surface area (Å²) in [7, 11) is 0. The Morgan fingerprint density at radius 3 is 2.36 bits per heavy atom. The van der Waals surface area contributed by atoms with Crippen molar-refractivity contribution in [3.05, 3.63) is 72.3 Å². The summed E-state index contributed by atoms with van der Waals surface area (Å²) in [4.78, 5) is 12.6. The van der Waals surface area contributed by atoms with Crippen molar-refractivity contribution < 1.29 is 14.3 Å². The molecule has 3 rings (SSSR count). The molecule has 3 aromatic carbocycles. The number of hydrogen-bond acceptors (Lipinski definition) is 3. The molecule has 0 saturated carbocycles. The Morgan fingerprint density at radius 2 is 1.64 bits per heavy atom. The van der Waals surface area contributed by atoms with Crippen LogP contribution >= 0.6 is 0 Å². The van der Waals surface area contributed by atoms with Crippen LogP contribution in [-0.2, 0) is 11.3 Å². The zero-order chi connectivity index (χ0) is 19.9. The van der Waals surface area contributed by atoms with E-state index < -0.39 is 6.10 Å². The average molecular weight is 377 g/mol. The molecule has 0 unspecified atom stereocenters. The molecule has 0 radical (unpaired) electrons. The second-order valence-corrected chi connectivity index (χ2v) is 7.02. The normalized spacial score (nSPS) is 12.0. The van der Waals surface area contributed by atoms with Crippen LogP contribution in [0.3, 0.4) is 0 Å². The van der Waals surface area contributed by atoms with Crippen molar-refractivity contribution in [2.75, 3.05) is 0 Å². The molecule has 0 fully saturated rings. The molecule has 28 heavy (non-hydrogen) atoms. The summed E-state index contributed by atoms with van der Waals surface area (Å²) in [6, 6.07) is 21.7. The van der Waals surface area contributed by atoms with E-state index in [0.29, 0.717) is 13.0 Å². The zero-order valence-electron chi connectivity index (χ0n) is 16.6. The average Bonchev–Trinajstić information content (AvgIpc) is 2.71. The Bertz CT molecular complexity index is 913. The first-order valence-electron chi connectivity index (χ1n) is 9.74. The summed E-state index contributed by atoms with van der Waals surface area (Å²) in [6.45, 7) is 6.40. The number of rotatable bonds is 8. The van der Waals surface area contributed by atoms with Crippen LogP contribution in [0.5, 0.6) is 11.5 Å². The number of carbonyl (C=O) groups is 1. The molecule has 4 nitrogen and oxygen atoms in total. The van der Waals surface area contributed by atoms with Gasteiger partial charge in [-0.1, -0.05) is 55.5 Å². The lowest BCUT2D eigenvalue weighted by molar-refractivity contribution is -0.128. The highest BCUT2D eigenvalue weighted by molar-refractivity contribution is 5.89. The lowest BCUT2D eigenvalue weighted by atomic mass is 10.1. The smallest absolute Gasteiger partial charge is 0.261 e. The summed E-state index contributed by atoms with van der Waals surface area (Å²) >= 11 is 0. The van der Waals surface area contributed by atoms with Gasteiger partial charge < -0.3 is 14.8 Å². The van der Waals surface area contributed by atoms with Gasteiger partial charge in [-0.05, 0) is 49.4 Å². The van der Waals surface area contributed by atoms with Gasteiger partial charge in [-0.2, -0.15) is 0 Å². The van der Waals surface area contributed by atoms with E-state index in [0.717, 1.165) is 27.8 Å². The molecular formula is C24H27NO3. The number of benzene rings is 3. The molecule has 146 valence electrons. The van der Waals surface area contributed by atoms with Crippen LogP contribution in [0, 0.1) is 0 Å². The predicted molar refractivity (Wildman–Crippen MR) is 113 cm³/mol. The highest BCUT2D eigenvalue weighted by Crippen LogP contribution is 2.26. The molecular weight excluding hydrogens is 350 g/mol. The quantitative estimate of drug-likeness (QED) is 0.594. The maximum Gasteiger partial charge on any atom is 0.261 e. The van der Waals surface area contributed by atoms with E-state index >= 15 is 0 Å². The van der Waals surface area contributed by atoms with Crippen molar-refractivity contribution in [1.82, 2.24) is 5.32 Å². The van der Waals surface area contributed by atoms with Crippen LogP contribution in [0.15, 0.2) is 66.7 Å². The van der Waals surface area contributed by atoms with Crippen LogP contribution in [0.1, 0.15) is 32.8 Å². The molecule has 1 amide bonds. The van der Waals surface area contributed by atoms with Crippen molar-refractivity contribution in [1.29, 1.82) is 0 Å². The highest BCUT2D eigenvalue weighted by atomic mass is 16.5. The molecule has 4 heteroatoms. The van der Waals surface area contributed by atoms with E-state index in [9.17, 15) is 4.79 Å². The monoisotopic (exact) mass is 377 g/mol. The summed E-state index contributed by atoms with van der Waals surface area (Å²) < 4.78 is 11.7. The fourth-order valence-corrected chi connectivity index (χ4v) is 3.04. The van der Waals surface area contributed by atoms with Crippen molar-refractivity contribution in [2.45, 2.75) is 45.9 Å². The Balaban J connectivity index is 1.62. The minimum Gasteiger partial charge on any atom is -0.491 e. The number of fused-ring (bicyclic) bond motifs is 1. The SMILES string of the molecule is CC[C@@H](Oc1cccc2ccccc12)C(=O)NCc1ccc(OC(C)C)cc1. The standard InChI is InChI=1S/C24H27NO3/c1-4-22(28-23-11-7-9-19-8-5-6-10-21(19)23)24(26)25-16-18-12-14-20(15-13-18)27-17(2)3/h5-15,17,22H,4,16H2,1-3H3,(H,25,26)/t22-/m1/s1. The lowest BCUT2D eigenvalue weighted by Crippen LogP contribution is -2.37. The van der Waals surface area contributed by atoms with E-state index in [1.54, 1.807) is 0 Å². The summed E-state index contributed by atoms with van der Waals surface area (Å²) in [6.07, 6.45) is 0.201. The topological polar surface area (TPSA) is 47.6 Å². The van der Waals surface area contributed by atoms with Gasteiger partial charge in [-0.3, -0.25) is 4.79 Å². The maximum atomic E-state index is 12.6. The molecule has 0 aromatic heterocycles. The van der Waals surface area contributed by atoms with Gasteiger partial charge in [0.05, 0.1) is 6.10 Å². The van der Waals surface area contributed by atoms with Crippen LogP contribution in [0.4, 0.5) is 0 Å². The number of carbonyl (C=O) groups excluding carboxylic acids is 1. The van der Waals surface area contributed by atoms with Crippen molar-refractivity contribution in [3.63, 3.8) is 0 Å². The molecule has 0 spiro atoms. The van der Waals surface area contributed by atoms with E-state index in [4.69, 9.17) is 9.47 Å². The van der Waals surface area contributed by atoms with Crippen LogP contribution in [0.2, 0.25) is 0 Å². The Labute approximate surface area is 166 Å². The molecule has 0 bridgehead atoms. The summed E-state index contributed by atoms with van der Waals surface area (Å²) in [5.74, 6) is 1.45. The molecule has 0 heterocycles. The van der Waals surface area contributed by atoms with E-state index in [-0.39, 0.29) is 12.0 Å².